The molecule has 0 radical (unpaired) electrons. The minimum absolute atomic E-state index is 0.210. The molecule has 1 saturated carbocycles. The first kappa shape index (κ1) is 16.2. The van der Waals surface area contributed by atoms with Crippen LogP contribution in [0.5, 0.6) is 0 Å². The Bertz CT molecular complexity index is 389. The van der Waals surface area contributed by atoms with Gasteiger partial charge < -0.3 is 9.47 Å². The second-order valence-electron chi connectivity index (χ2n) is 4.65. The number of benzene rings is 1. The molecule has 0 heterocycles. The van der Waals surface area contributed by atoms with Crippen LogP contribution >= 0.6 is 0 Å². The molecule has 1 aromatic rings. The van der Waals surface area contributed by atoms with Crippen molar-refractivity contribution >= 4 is 11.9 Å². The Morgan fingerprint density at radius 1 is 0.750 bits per heavy atom. The molecule has 1 fully saturated rings. The molecule has 0 unspecified atom stereocenters. The van der Waals surface area contributed by atoms with E-state index in [0.29, 0.717) is 0 Å². The van der Waals surface area contributed by atoms with Crippen LogP contribution in [0.4, 0.5) is 0 Å². The van der Waals surface area contributed by atoms with Crippen LogP contribution in [0.15, 0.2) is 24.3 Å². The van der Waals surface area contributed by atoms with Crippen LogP contribution in [0.1, 0.15) is 59.2 Å². The van der Waals surface area contributed by atoms with Gasteiger partial charge in [-0.1, -0.05) is 50.7 Å². The number of carbonyl (C=O) groups is 2. The number of rotatable bonds is 2. The lowest BCUT2D eigenvalue weighted by atomic mass is 10.0. The summed E-state index contributed by atoms with van der Waals surface area (Å²) in [5.41, 5.74) is 0.420. The zero-order valence-corrected chi connectivity index (χ0v) is 12.2. The fraction of sp³-hybridized carbons (Fsp3) is 0.500. The summed E-state index contributed by atoms with van der Waals surface area (Å²) in [5.74, 6) is -1.10. The lowest BCUT2D eigenvalue weighted by Crippen LogP contribution is -2.11. The summed E-state index contributed by atoms with van der Waals surface area (Å²) in [6, 6.07) is 6.33. The third kappa shape index (κ3) is 5.03. The first-order valence-corrected chi connectivity index (χ1v) is 6.96. The van der Waals surface area contributed by atoms with Gasteiger partial charge in [0.05, 0.1) is 25.3 Å². The molecular formula is C16H22O4. The summed E-state index contributed by atoms with van der Waals surface area (Å²) < 4.78 is 9.05. The smallest absolute Gasteiger partial charge is 0.338 e. The highest BCUT2D eigenvalue weighted by Crippen LogP contribution is 2.15. The quantitative estimate of drug-likeness (QED) is 0.776. The Labute approximate surface area is 120 Å². The van der Waals surface area contributed by atoms with Crippen molar-refractivity contribution in [3.8, 4) is 0 Å². The minimum Gasteiger partial charge on any atom is -0.465 e. The normalized spacial score (nSPS) is 13.7. The Morgan fingerprint density at radius 3 is 1.30 bits per heavy atom. The maximum atomic E-state index is 11.2. The molecule has 0 bridgehead atoms. The third-order valence-electron chi connectivity index (χ3n) is 3.24. The molecule has 110 valence electrons. The number of ether oxygens (including phenoxy) is 2. The van der Waals surface area contributed by atoms with Gasteiger partial charge in [-0.15, -0.1) is 0 Å². The van der Waals surface area contributed by atoms with Crippen molar-refractivity contribution in [1.29, 1.82) is 0 Å². The van der Waals surface area contributed by atoms with E-state index in [1.54, 1.807) is 12.1 Å². The molecule has 4 heteroatoms. The van der Waals surface area contributed by atoms with Gasteiger partial charge in [-0.2, -0.15) is 0 Å². The van der Waals surface area contributed by atoms with Crippen molar-refractivity contribution < 1.29 is 19.1 Å². The van der Waals surface area contributed by atoms with Crippen molar-refractivity contribution in [2.24, 2.45) is 0 Å². The van der Waals surface area contributed by atoms with Crippen molar-refractivity contribution in [2.45, 2.75) is 38.5 Å². The van der Waals surface area contributed by atoms with E-state index in [9.17, 15) is 9.59 Å². The Kier molecular flexibility index (Phi) is 7.40. The van der Waals surface area contributed by atoms with E-state index < -0.39 is 11.9 Å². The van der Waals surface area contributed by atoms with Crippen LogP contribution in [0.2, 0.25) is 0 Å². The average Bonchev–Trinajstić information content (AvgIpc) is 2.55. The lowest BCUT2D eigenvalue weighted by Gasteiger charge is -2.05. The predicted octanol–water partition coefficient (Wildman–Crippen LogP) is 3.60. The second-order valence-corrected chi connectivity index (χ2v) is 4.65. The number of carbonyl (C=O) groups excluding carboxylic acids is 2. The van der Waals surface area contributed by atoms with Gasteiger partial charge in [-0.05, 0) is 12.1 Å². The molecule has 0 aromatic heterocycles. The van der Waals surface area contributed by atoms with Crippen molar-refractivity contribution in [1.82, 2.24) is 0 Å². The predicted molar refractivity (Wildman–Crippen MR) is 76.8 cm³/mol. The summed E-state index contributed by atoms with van der Waals surface area (Å²) in [4.78, 5) is 22.4. The number of hydrogen-bond acceptors (Lipinski definition) is 4. The van der Waals surface area contributed by atoms with Gasteiger partial charge in [-0.3, -0.25) is 0 Å². The van der Waals surface area contributed by atoms with Gasteiger partial charge in [0.25, 0.3) is 0 Å². The Balaban J connectivity index is 0.000000276. The van der Waals surface area contributed by atoms with E-state index in [1.807, 2.05) is 0 Å². The third-order valence-corrected chi connectivity index (χ3v) is 3.24. The van der Waals surface area contributed by atoms with Gasteiger partial charge in [0.1, 0.15) is 0 Å². The first-order valence-electron chi connectivity index (χ1n) is 6.96. The van der Waals surface area contributed by atoms with Crippen LogP contribution in [-0.2, 0) is 9.47 Å². The second kappa shape index (κ2) is 9.13. The van der Waals surface area contributed by atoms with Crippen LogP contribution < -0.4 is 0 Å². The van der Waals surface area contributed by atoms with Gasteiger partial charge in [0, 0.05) is 0 Å². The molecule has 1 aliphatic rings. The molecule has 0 spiro atoms. The van der Waals surface area contributed by atoms with Gasteiger partial charge in [0.2, 0.25) is 0 Å². The van der Waals surface area contributed by atoms with Gasteiger partial charge in [-0.25, -0.2) is 9.59 Å². The summed E-state index contributed by atoms with van der Waals surface area (Å²) in [6.45, 7) is 0. The monoisotopic (exact) mass is 278 g/mol. The summed E-state index contributed by atoms with van der Waals surface area (Å²) >= 11 is 0. The molecule has 0 N–H and O–H groups in total. The molecule has 20 heavy (non-hydrogen) atoms. The van der Waals surface area contributed by atoms with E-state index in [4.69, 9.17) is 0 Å². The SMILES string of the molecule is C1CCCCC1.COC(=O)c1ccccc1C(=O)OC. The van der Waals surface area contributed by atoms with Gasteiger partial charge >= 0.3 is 11.9 Å². The van der Waals surface area contributed by atoms with E-state index in [0.717, 1.165) is 0 Å². The van der Waals surface area contributed by atoms with E-state index in [1.165, 1.54) is 64.9 Å². The number of esters is 2. The van der Waals surface area contributed by atoms with Crippen molar-refractivity contribution in [3.63, 3.8) is 0 Å². The van der Waals surface area contributed by atoms with Crippen LogP contribution in [0, 0.1) is 0 Å². The lowest BCUT2D eigenvalue weighted by molar-refractivity contribution is 0.0555. The summed E-state index contributed by atoms with van der Waals surface area (Å²) in [7, 11) is 2.52. The number of methoxy groups -OCH3 is 2. The van der Waals surface area contributed by atoms with E-state index in [-0.39, 0.29) is 11.1 Å². The van der Waals surface area contributed by atoms with Crippen molar-refractivity contribution in [2.75, 3.05) is 14.2 Å². The molecule has 2 rings (SSSR count). The molecule has 0 saturated heterocycles. The van der Waals surface area contributed by atoms with E-state index in [2.05, 4.69) is 9.47 Å². The average molecular weight is 278 g/mol. The van der Waals surface area contributed by atoms with E-state index >= 15 is 0 Å². The Hall–Kier alpha value is -1.84. The largest absolute Gasteiger partial charge is 0.465 e. The molecular weight excluding hydrogens is 256 g/mol. The minimum atomic E-state index is -0.550. The molecule has 0 aliphatic heterocycles. The highest BCUT2D eigenvalue weighted by Gasteiger charge is 2.16. The standard InChI is InChI=1S/C10H10O4.C6H12/c1-13-9(11)7-5-3-4-6-8(7)10(12)14-2;1-2-4-6-5-3-1/h3-6H,1-2H3;1-6H2. The highest BCUT2D eigenvalue weighted by molar-refractivity contribution is 6.02. The topological polar surface area (TPSA) is 52.6 Å². The van der Waals surface area contributed by atoms with Crippen LogP contribution in [0.3, 0.4) is 0 Å². The fourth-order valence-electron chi connectivity index (χ4n) is 2.12. The molecule has 1 aliphatic carbocycles. The highest BCUT2D eigenvalue weighted by atomic mass is 16.5. The summed E-state index contributed by atoms with van der Waals surface area (Å²) in [5, 5.41) is 0. The zero-order chi connectivity index (χ0) is 14.8. The Morgan fingerprint density at radius 2 is 1.05 bits per heavy atom. The zero-order valence-electron chi connectivity index (χ0n) is 12.2. The van der Waals surface area contributed by atoms with Gasteiger partial charge in [0.15, 0.2) is 0 Å². The molecule has 0 atom stereocenters. The first-order chi connectivity index (χ1) is 9.70. The molecule has 4 nitrogen and oxygen atoms in total. The maximum absolute atomic E-state index is 11.2. The molecule has 0 amide bonds. The van der Waals surface area contributed by atoms with Crippen molar-refractivity contribution in [3.05, 3.63) is 35.4 Å². The summed E-state index contributed by atoms with van der Waals surface area (Å²) in [6.07, 6.45) is 9.00. The number of hydrogen-bond donors (Lipinski definition) is 0. The molecule has 1 aromatic carbocycles. The van der Waals surface area contributed by atoms with Crippen LogP contribution in [-0.4, -0.2) is 26.2 Å². The van der Waals surface area contributed by atoms with Crippen LogP contribution in [0.25, 0.3) is 0 Å². The fourth-order valence-corrected chi connectivity index (χ4v) is 2.12. The maximum Gasteiger partial charge on any atom is 0.338 e.